The topological polar surface area (TPSA) is 73.3 Å². The standard InChI is InChI=1S/C11H10F3N3O2S/c12-11(13,14)20-9-3-1-2-8(15)7(9)6-19-10-4-5-17(18)16-10/h1-5,18H,6,15H2. The first-order chi connectivity index (χ1) is 9.35. The minimum absolute atomic E-state index is 0.0269. The minimum Gasteiger partial charge on any atom is -0.472 e. The molecule has 0 atom stereocenters. The number of nitrogens with two attached hydrogens (primary N) is 1. The summed E-state index contributed by atoms with van der Waals surface area (Å²) in [5.41, 5.74) is 1.69. The molecule has 5 nitrogen and oxygen atoms in total. The molecule has 0 aliphatic carbocycles. The van der Waals surface area contributed by atoms with E-state index in [1.807, 2.05) is 0 Å². The molecule has 0 saturated carbocycles. The number of benzene rings is 1. The predicted molar refractivity (Wildman–Crippen MR) is 66.5 cm³/mol. The van der Waals surface area contributed by atoms with Crippen molar-refractivity contribution >= 4 is 17.4 Å². The van der Waals surface area contributed by atoms with Crippen LogP contribution in [0.15, 0.2) is 35.4 Å². The molecule has 1 aromatic heterocycles. The Labute approximate surface area is 116 Å². The number of hydrogen-bond acceptors (Lipinski definition) is 5. The van der Waals surface area contributed by atoms with Gasteiger partial charge in [0.1, 0.15) is 6.61 Å². The summed E-state index contributed by atoms with van der Waals surface area (Å²) >= 11 is -0.253. The summed E-state index contributed by atoms with van der Waals surface area (Å²) in [6.45, 7) is -0.178. The molecule has 0 spiro atoms. The van der Waals surface area contributed by atoms with Crippen LogP contribution in [-0.2, 0) is 6.61 Å². The van der Waals surface area contributed by atoms with Crippen molar-refractivity contribution < 1.29 is 23.1 Å². The SMILES string of the molecule is Nc1cccc(SC(F)(F)F)c1COc1ccn(O)n1. The maximum Gasteiger partial charge on any atom is 0.446 e. The third-order valence-corrected chi connectivity index (χ3v) is 3.14. The molecular formula is C11H10F3N3O2S. The first-order valence-electron chi connectivity index (χ1n) is 5.36. The van der Waals surface area contributed by atoms with E-state index in [-0.39, 0.29) is 40.4 Å². The van der Waals surface area contributed by atoms with Crippen molar-refractivity contribution in [1.29, 1.82) is 0 Å². The third-order valence-electron chi connectivity index (χ3n) is 2.31. The van der Waals surface area contributed by atoms with Gasteiger partial charge in [0.2, 0.25) is 5.88 Å². The Morgan fingerprint density at radius 3 is 2.70 bits per heavy atom. The van der Waals surface area contributed by atoms with Gasteiger partial charge in [-0.3, -0.25) is 0 Å². The number of nitrogens with zero attached hydrogens (tertiary/aromatic N) is 2. The van der Waals surface area contributed by atoms with Crippen molar-refractivity contribution in [1.82, 2.24) is 9.94 Å². The minimum atomic E-state index is -4.41. The second kappa shape index (κ2) is 5.53. The van der Waals surface area contributed by atoms with E-state index in [0.29, 0.717) is 4.85 Å². The molecule has 1 heterocycles. The molecule has 108 valence electrons. The smallest absolute Gasteiger partial charge is 0.446 e. The van der Waals surface area contributed by atoms with Crippen LogP contribution in [0.4, 0.5) is 18.9 Å². The molecular weight excluding hydrogens is 295 g/mol. The number of nitrogen functional groups attached to an aromatic ring is 1. The molecule has 2 rings (SSSR count). The van der Waals surface area contributed by atoms with E-state index >= 15 is 0 Å². The lowest BCUT2D eigenvalue weighted by atomic mass is 10.2. The molecule has 0 amide bonds. The number of hydrogen-bond donors (Lipinski definition) is 2. The molecule has 0 unspecified atom stereocenters. The van der Waals surface area contributed by atoms with Crippen molar-refractivity contribution in [2.45, 2.75) is 17.0 Å². The van der Waals surface area contributed by atoms with Crippen LogP contribution in [-0.4, -0.2) is 20.7 Å². The number of anilines is 1. The van der Waals surface area contributed by atoms with E-state index in [0.717, 1.165) is 0 Å². The van der Waals surface area contributed by atoms with Crippen molar-refractivity contribution in [3.8, 4) is 5.88 Å². The van der Waals surface area contributed by atoms with Crippen LogP contribution in [0.25, 0.3) is 0 Å². The third kappa shape index (κ3) is 3.73. The lowest BCUT2D eigenvalue weighted by Gasteiger charge is -2.13. The van der Waals surface area contributed by atoms with Crippen molar-refractivity contribution in [3.05, 3.63) is 36.0 Å². The van der Waals surface area contributed by atoms with Gasteiger partial charge < -0.3 is 15.7 Å². The highest BCUT2D eigenvalue weighted by Crippen LogP contribution is 2.40. The van der Waals surface area contributed by atoms with Crippen LogP contribution in [0.5, 0.6) is 5.88 Å². The van der Waals surface area contributed by atoms with Crippen LogP contribution in [0, 0.1) is 0 Å². The second-order valence-electron chi connectivity index (χ2n) is 3.73. The maximum atomic E-state index is 12.5. The van der Waals surface area contributed by atoms with Gasteiger partial charge >= 0.3 is 5.51 Å². The van der Waals surface area contributed by atoms with Gasteiger partial charge in [-0.05, 0) is 23.9 Å². The average Bonchev–Trinajstić information content (AvgIpc) is 2.72. The van der Waals surface area contributed by atoms with Crippen LogP contribution in [0.2, 0.25) is 0 Å². The van der Waals surface area contributed by atoms with Gasteiger partial charge in [0.15, 0.2) is 0 Å². The van der Waals surface area contributed by atoms with Crippen LogP contribution < -0.4 is 10.5 Å². The van der Waals surface area contributed by atoms with Gasteiger partial charge in [-0.25, -0.2) is 0 Å². The van der Waals surface area contributed by atoms with E-state index < -0.39 is 5.51 Å². The molecule has 0 aliphatic heterocycles. The molecule has 9 heteroatoms. The highest BCUT2D eigenvalue weighted by molar-refractivity contribution is 8.00. The Morgan fingerprint density at radius 2 is 2.10 bits per heavy atom. The summed E-state index contributed by atoms with van der Waals surface area (Å²) in [6.07, 6.45) is 1.23. The average molecular weight is 305 g/mol. The zero-order valence-electron chi connectivity index (χ0n) is 9.96. The fraction of sp³-hybridized carbons (Fsp3) is 0.182. The number of ether oxygens (including phenoxy) is 1. The van der Waals surface area contributed by atoms with E-state index in [1.165, 1.54) is 30.5 Å². The zero-order valence-corrected chi connectivity index (χ0v) is 10.8. The first kappa shape index (κ1) is 14.4. The molecule has 1 aromatic carbocycles. The maximum absolute atomic E-state index is 12.5. The summed E-state index contributed by atoms with van der Waals surface area (Å²) in [7, 11) is 0. The summed E-state index contributed by atoms with van der Waals surface area (Å²) in [4.78, 5) is 0.510. The van der Waals surface area contributed by atoms with Crippen molar-refractivity contribution in [2.24, 2.45) is 0 Å². The molecule has 0 bridgehead atoms. The molecule has 0 aliphatic rings. The normalized spacial score (nSPS) is 11.6. The molecule has 20 heavy (non-hydrogen) atoms. The van der Waals surface area contributed by atoms with Gasteiger partial charge in [-0.15, -0.1) is 4.85 Å². The fourth-order valence-corrected chi connectivity index (χ4v) is 2.17. The first-order valence-corrected chi connectivity index (χ1v) is 6.17. The van der Waals surface area contributed by atoms with Gasteiger partial charge in [0, 0.05) is 22.2 Å². The van der Waals surface area contributed by atoms with Gasteiger partial charge in [0.05, 0.1) is 6.20 Å². The highest BCUT2D eigenvalue weighted by Gasteiger charge is 2.30. The summed E-state index contributed by atoms with van der Waals surface area (Å²) in [6, 6.07) is 5.62. The van der Waals surface area contributed by atoms with Crippen molar-refractivity contribution in [3.63, 3.8) is 0 Å². The number of thioether (sulfide) groups is 1. The van der Waals surface area contributed by atoms with Crippen LogP contribution >= 0.6 is 11.8 Å². The van der Waals surface area contributed by atoms with E-state index in [9.17, 15) is 13.2 Å². The second-order valence-corrected chi connectivity index (χ2v) is 4.84. The lowest BCUT2D eigenvalue weighted by molar-refractivity contribution is -0.0328. The Morgan fingerprint density at radius 1 is 1.35 bits per heavy atom. The van der Waals surface area contributed by atoms with E-state index in [4.69, 9.17) is 15.7 Å². The summed E-state index contributed by atoms with van der Waals surface area (Å²) in [5, 5.41) is 12.5. The van der Waals surface area contributed by atoms with E-state index in [1.54, 1.807) is 0 Å². The Bertz CT molecular complexity index is 601. The number of rotatable bonds is 4. The lowest BCUT2D eigenvalue weighted by Crippen LogP contribution is -2.06. The fourth-order valence-electron chi connectivity index (χ4n) is 1.48. The molecule has 0 saturated heterocycles. The van der Waals surface area contributed by atoms with E-state index in [2.05, 4.69) is 5.10 Å². The number of aromatic nitrogens is 2. The van der Waals surface area contributed by atoms with Gasteiger partial charge in [-0.2, -0.15) is 13.2 Å². The highest BCUT2D eigenvalue weighted by atomic mass is 32.2. The monoisotopic (exact) mass is 305 g/mol. The van der Waals surface area contributed by atoms with Gasteiger partial charge in [0.25, 0.3) is 0 Å². The molecule has 0 radical (unpaired) electrons. The molecule has 3 N–H and O–H groups in total. The van der Waals surface area contributed by atoms with Crippen LogP contribution in [0.1, 0.15) is 5.56 Å². The largest absolute Gasteiger partial charge is 0.472 e. The number of alkyl halides is 3. The zero-order chi connectivity index (χ0) is 14.8. The quantitative estimate of drug-likeness (QED) is 0.516. The predicted octanol–water partition coefficient (Wildman–Crippen LogP) is 2.89. The summed E-state index contributed by atoms with van der Waals surface area (Å²) < 4.78 is 42.6. The number of halogens is 3. The Balaban J connectivity index is 2.17. The molecule has 2 aromatic rings. The van der Waals surface area contributed by atoms with Crippen LogP contribution in [0.3, 0.4) is 0 Å². The summed E-state index contributed by atoms with van der Waals surface area (Å²) in [5.74, 6) is 0.0821. The Hall–Kier alpha value is -2.03. The Kier molecular flexibility index (Phi) is 3.98. The van der Waals surface area contributed by atoms with Gasteiger partial charge in [-0.1, -0.05) is 11.2 Å². The molecule has 0 fully saturated rings. The van der Waals surface area contributed by atoms with Crippen molar-refractivity contribution in [2.75, 3.05) is 5.73 Å².